The van der Waals surface area contributed by atoms with Crippen molar-refractivity contribution in [3.05, 3.63) is 64.5 Å². The summed E-state index contributed by atoms with van der Waals surface area (Å²) in [5.74, 6) is 1.56. The van der Waals surface area contributed by atoms with Crippen LogP contribution in [0.15, 0.2) is 48.9 Å². The van der Waals surface area contributed by atoms with Gasteiger partial charge in [-0.1, -0.05) is 23.2 Å². The Balaban J connectivity index is 1.24. The van der Waals surface area contributed by atoms with Gasteiger partial charge in [-0.3, -0.25) is 15.8 Å². The summed E-state index contributed by atoms with van der Waals surface area (Å²) in [5, 5.41) is 12.7. The molecule has 1 atom stereocenters. The van der Waals surface area contributed by atoms with Gasteiger partial charge in [-0.25, -0.2) is 4.98 Å². The van der Waals surface area contributed by atoms with Crippen molar-refractivity contribution in [3.63, 3.8) is 0 Å². The van der Waals surface area contributed by atoms with Gasteiger partial charge in [-0.15, -0.1) is 0 Å². The highest BCUT2D eigenvalue weighted by atomic mass is 35.5. The Kier molecular flexibility index (Phi) is 4.92. The van der Waals surface area contributed by atoms with Gasteiger partial charge < -0.3 is 15.0 Å². The molecule has 33 heavy (non-hydrogen) atoms. The van der Waals surface area contributed by atoms with E-state index in [0.29, 0.717) is 26.9 Å². The highest BCUT2D eigenvalue weighted by Gasteiger charge is 2.47. The summed E-state index contributed by atoms with van der Waals surface area (Å²) in [5.41, 5.74) is 9.64. The van der Waals surface area contributed by atoms with Crippen LogP contribution in [-0.4, -0.2) is 45.3 Å². The summed E-state index contributed by atoms with van der Waals surface area (Å²) in [4.78, 5) is 10.9. The van der Waals surface area contributed by atoms with E-state index in [9.17, 15) is 0 Å². The average Bonchev–Trinajstić information content (AvgIpc) is 3.15. The van der Waals surface area contributed by atoms with Crippen LogP contribution in [0.2, 0.25) is 10.0 Å². The van der Waals surface area contributed by atoms with E-state index in [1.165, 1.54) is 18.8 Å². The summed E-state index contributed by atoms with van der Waals surface area (Å²) in [6.45, 7) is 3.14. The first-order chi connectivity index (χ1) is 16.0. The van der Waals surface area contributed by atoms with Gasteiger partial charge >= 0.3 is 0 Å². The van der Waals surface area contributed by atoms with Gasteiger partial charge in [0.15, 0.2) is 6.23 Å². The molecule has 4 aromatic rings. The Hall–Kier alpha value is -2.91. The van der Waals surface area contributed by atoms with Crippen molar-refractivity contribution in [2.24, 2.45) is 5.73 Å². The lowest BCUT2D eigenvalue weighted by Gasteiger charge is -2.56. The number of pyridine rings is 2. The van der Waals surface area contributed by atoms with Gasteiger partial charge in [-0.05, 0) is 43.3 Å². The van der Waals surface area contributed by atoms with Crippen molar-refractivity contribution >= 4 is 39.9 Å². The molecule has 3 aromatic heterocycles. The number of nitrogens with one attached hydrogen (secondary N) is 2. The van der Waals surface area contributed by atoms with Crippen molar-refractivity contribution in [3.8, 4) is 17.0 Å². The van der Waals surface area contributed by atoms with Crippen molar-refractivity contribution in [1.82, 2.24) is 25.5 Å². The maximum atomic E-state index is 6.23. The predicted molar refractivity (Wildman–Crippen MR) is 129 cm³/mol. The second-order valence-corrected chi connectivity index (χ2v) is 9.37. The maximum Gasteiger partial charge on any atom is 0.177 e. The lowest BCUT2D eigenvalue weighted by atomic mass is 9.80. The lowest BCUT2D eigenvalue weighted by Crippen LogP contribution is -2.76. The topological polar surface area (TPSA) is 105 Å². The number of aromatic nitrogens is 4. The summed E-state index contributed by atoms with van der Waals surface area (Å²) >= 11 is 12.4. The minimum atomic E-state index is -0.841. The zero-order valence-electron chi connectivity index (χ0n) is 17.6. The number of halogens is 2. The van der Waals surface area contributed by atoms with E-state index in [1.54, 1.807) is 0 Å². The molecule has 2 aliphatic heterocycles. The van der Waals surface area contributed by atoms with E-state index in [0.717, 1.165) is 47.6 Å². The molecular weight excluding hydrogens is 461 g/mol. The quantitative estimate of drug-likeness (QED) is 0.371. The van der Waals surface area contributed by atoms with E-state index in [1.807, 2.05) is 36.5 Å². The number of hydrogen-bond donors (Lipinski definition) is 3. The summed E-state index contributed by atoms with van der Waals surface area (Å²) in [6, 6.07) is 9.71. The molecule has 0 aliphatic carbocycles. The predicted octanol–water partition coefficient (Wildman–Crippen LogP) is 3.92. The molecule has 8 nitrogen and oxygen atoms in total. The normalized spacial score (nSPS) is 17.6. The molecule has 2 saturated heterocycles. The number of nitrogens with two attached hydrogens (primary N) is 1. The molecule has 0 bridgehead atoms. The minimum Gasteiger partial charge on any atom is -0.471 e. The van der Waals surface area contributed by atoms with Crippen LogP contribution in [0.25, 0.3) is 22.2 Å². The van der Waals surface area contributed by atoms with Gasteiger partial charge in [0.2, 0.25) is 0 Å². The van der Waals surface area contributed by atoms with Crippen LogP contribution in [0.1, 0.15) is 18.2 Å². The zero-order chi connectivity index (χ0) is 22.6. The molecular formula is C23H21Cl2N7O. The molecule has 6 rings (SSSR count). The Morgan fingerprint density at radius 1 is 1.09 bits per heavy atom. The minimum absolute atomic E-state index is 0.320. The second kappa shape index (κ2) is 7.85. The van der Waals surface area contributed by atoms with Gasteiger partial charge in [0.1, 0.15) is 17.3 Å². The monoisotopic (exact) mass is 481 g/mol. The fraction of sp³-hybridized carbons (Fsp3) is 0.261. The number of fused-ring (bicyclic) bond motifs is 1. The number of ether oxygens (including phenoxy) is 1. The van der Waals surface area contributed by atoms with Gasteiger partial charge in [0, 0.05) is 48.2 Å². The van der Waals surface area contributed by atoms with Crippen LogP contribution < -0.4 is 20.7 Å². The SMILES string of the molecule is N[C@@H](Oc1ccc2[nH]nc(-c3ccc(N4CC5(CCN5)C4)nc3)c2c1)c1c(Cl)cncc1Cl. The highest BCUT2D eigenvalue weighted by molar-refractivity contribution is 6.35. The molecule has 0 saturated carbocycles. The fourth-order valence-corrected chi connectivity index (χ4v) is 5.07. The Morgan fingerprint density at radius 3 is 2.55 bits per heavy atom. The van der Waals surface area contributed by atoms with E-state index in [-0.39, 0.29) is 0 Å². The molecule has 4 N–H and O–H groups in total. The zero-order valence-corrected chi connectivity index (χ0v) is 19.1. The van der Waals surface area contributed by atoms with E-state index in [4.69, 9.17) is 33.7 Å². The molecule has 0 unspecified atom stereocenters. The number of H-pyrrole nitrogens is 1. The molecule has 168 valence electrons. The summed E-state index contributed by atoms with van der Waals surface area (Å²) in [7, 11) is 0. The van der Waals surface area contributed by atoms with Crippen molar-refractivity contribution in [2.75, 3.05) is 24.5 Å². The fourth-order valence-electron chi connectivity index (χ4n) is 4.49. The largest absolute Gasteiger partial charge is 0.471 e. The molecule has 2 fully saturated rings. The smallest absolute Gasteiger partial charge is 0.177 e. The summed E-state index contributed by atoms with van der Waals surface area (Å²) in [6.07, 6.45) is 5.24. The van der Waals surface area contributed by atoms with E-state index < -0.39 is 6.23 Å². The number of hydrogen-bond acceptors (Lipinski definition) is 7. The third-order valence-electron chi connectivity index (χ3n) is 6.41. The number of rotatable bonds is 5. The molecule has 1 spiro atoms. The standard InChI is InChI=1S/C23H21Cl2N7O/c24-16-9-27-10-17(25)20(16)22(26)33-14-2-3-18-15(7-14)21(31-30-18)13-1-4-19(28-8-13)32-11-23(12-32)5-6-29-23/h1-4,7-10,22,29H,5-6,11-12,26H2,(H,30,31)/t22-/m0/s1. The van der Waals surface area contributed by atoms with Crippen LogP contribution >= 0.6 is 23.2 Å². The second-order valence-electron chi connectivity index (χ2n) is 8.55. The first kappa shape index (κ1) is 20.7. The number of benzene rings is 1. The van der Waals surface area contributed by atoms with Crippen LogP contribution in [0.5, 0.6) is 5.75 Å². The van der Waals surface area contributed by atoms with Gasteiger partial charge in [0.25, 0.3) is 0 Å². The van der Waals surface area contributed by atoms with Crippen LogP contribution in [-0.2, 0) is 0 Å². The highest BCUT2D eigenvalue weighted by Crippen LogP contribution is 2.35. The average molecular weight is 482 g/mol. The van der Waals surface area contributed by atoms with Gasteiger partial charge in [-0.2, -0.15) is 5.10 Å². The van der Waals surface area contributed by atoms with Crippen molar-refractivity contribution in [2.45, 2.75) is 18.2 Å². The summed E-state index contributed by atoms with van der Waals surface area (Å²) < 4.78 is 5.95. The Labute approximate surface area is 200 Å². The molecule has 1 aromatic carbocycles. The van der Waals surface area contributed by atoms with Crippen LogP contribution in [0.4, 0.5) is 5.82 Å². The van der Waals surface area contributed by atoms with Gasteiger partial charge in [0.05, 0.1) is 21.1 Å². The third-order valence-corrected chi connectivity index (χ3v) is 7.01. The van der Waals surface area contributed by atoms with Crippen LogP contribution in [0.3, 0.4) is 0 Å². The molecule has 10 heteroatoms. The number of nitrogens with zero attached hydrogens (tertiary/aromatic N) is 4. The van der Waals surface area contributed by atoms with Crippen LogP contribution in [0, 0.1) is 0 Å². The van der Waals surface area contributed by atoms with Crippen molar-refractivity contribution in [1.29, 1.82) is 0 Å². The molecule has 0 amide bonds. The number of aromatic amines is 1. The molecule has 5 heterocycles. The molecule has 0 radical (unpaired) electrons. The first-order valence-electron chi connectivity index (χ1n) is 10.7. The van der Waals surface area contributed by atoms with E-state index >= 15 is 0 Å². The first-order valence-corrected chi connectivity index (χ1v) is 11.4. The van der Waals surface area contributed by atoms with E-state index in [2.05, 4.69) is 30.4 Å². The van der Waals surface area contributed by atoms with Crippen molar-refractivity contribution < 1.29 is 4.74 Å². The molecule has 2 aliphatic rings. The Morgan fingerprint density at radius 2 is 1.88 bits per heavy atom. The Bertz CT molecular complexity index is 1310. The maximum absolute atomic E-state index is 6.23. The third kappa shape index (κ3) is 3.59. The lowest BCUT2D eigenvalue weighted by molar-refractivity contribution is 0.159. The number of anilines is 1.